The number of halogens is 2. The molecular formula is C27H24ClFN2O3. The van der Waals surface area contributed by atoms with Crippen LogP contribution in [0.5, 0.6) is 11.5 Å². The minimum absolute atomic E-state index is 0.188. The second-order valence-electron chi connectivity index (χ2n) is 7.68. The summed E-state index contributed by atoms with van der Waals surface area (Å²) in [7, 11) is 3.15. The number of amides is 1. The third-order valence-corrected chi connectivity index (χ3v) is 5.89. The fourth-order valence-corrected chi connectivity index (χ4v) is 4.02. The summed E-state index contributed by atoms with van der Waals surface area (Å²) in [5.41, 5.74) is 2.73. The Morgan fingerprint density at radius 3 is 2.32 bits per heavy atom. The molecule has 4 aromatic rings. The van der Waals surface area contributed by atoms with Crippen LogP contribution in [0.2, 0.25) is 5.02 Å². The molecule has 3 aromatic carbocycles. The predicted molar refractivity (Wildman–Crippen MR) is 130 cm³/mol. The molecule has 0 fully saturated rings. The molecule has 0 N–H and O–H groups in total. The number of para-hydroxylation sites is 1. The van der Waals surface area contributed by atoms with Crippen molar-refractivity contribution in [2.75, 3.05) is 14.2 Å². The number of hydrogen-bond acceptors (Lipinski definition) is 3. The largest absolute Gasteiger partial charge is 0.497 e. The molecule has 0 aliphatic carbocycles. The smallest absolute Gasteiger partial charge is 0.256 e. The summed E-state index contributed by atoms with van der Waals surface area (Å²) in [5, 5.41) is 0.262. The van der Waals surface area contributed by atoms with Gasteiger partial charge in [0.25, 0.3) is 5.91 Å². The van der Waals surface area contributed by atoms with Crippen molar-refractivity contribution >= 4 is 17.5 Å². The van der Waals surface area contributed by atoms with Crippen molar-refractivity contribution in [1.29, 1.82) is 0 Å². The first-order valence-electron chi connectivity index (χ1n) is 10.7. The van der Waals surface area contributed by atoms with Gasteiger partial charge in [0.05, 0.1) is 25.5 Å². The van der Waals surface area contributed by atoms with Crippen molar-refractivity contribution < 1.29 is 18.7 Å². The van der Waals surface area contributed by atoms with E-state index in [-0.39, 0.29) is 24.0 Å². The second-order valence-corrected chi connectivity index (χ2v) is 8.09. The third-order valence-electron chi connectivity index (χ3n) is 5.54. The molecule has 4 rings (SSSR count). The van der Waals surface area contributed by atoms with Gasteiger partial charge < -0.3 is 18.9 Å². The van der Waals surface area contributed by atoms with Crippen molar-refractivity contribution in [3.63, 3.8) is 0 Å². The summed E-state index contributed by atoms with van der Waals surface area (Å²) >= 11 is 6.31. The predicted octanol–water partition coefficient (Wildman–Crippen LogP) is 6.13. The molecule has 0 bridgehead atoms. The van der Waals surface area contributed by atoms with Gasteiger partial charge in [-0.3, -0.25) is 4.79 Å². The van der Waals surface area contributed by atoms with E-state index in [0.29, 0.717) is 22.6 Å². The van der Waals surface area contributed by atoms with Crippen LogP contribution in [0.4, 0.5) is 4.39 Å². The first-order valence-corrected chi connectivity index (χ1v) is 11.0. The van der Waals surface area contributed by atoms with Crippen LogP contribution in [0.25, 0.3) is 5.69 Å². The number of benzene rings is 3. The Hall–Kier alpha value is -3.77. The van der Waals surface area contributed by atoms with Crippen LogP contribution in [0.15, 0.2) is 85.2 Å². The molecule has 5 nitrogen and oxygen atoms in total. The molecule has 0 saturated heterocycles. The Balaban J connectivity index is 1.75. The quantitative estimate of drug-likeness (QED) is 0.306. The van der Waals surface area contributed by atoms with Crippen LogP contribution in [-0.2, 0) is 13.1 Å². The summed E-state index contributed by atoms with van der Waals surface area (Å²) in [4.78, 5) is 15.6. The van der Waals surface area contributed by atoms with E-state index in [1.54, 1.807) is 37.3 Å². The third kappa shape index (κ3) is 5.07. The molecule has 0 saturated carbocycles. The molecule has 0 unspecified atom stereocenters. The molecule has 0 atom stereocenters. The first kappa shape index (κ1) is 23.4. The average molecular weight is 479 g/mol. The molecule has 34 heavy (non-hydrogen) atoms. The van der Waals surface area contributed by atoms with Gasteiger partial charge in [-0.25, -0.2) is 4.39 Å². The number of carbonyl (C=O) groups is 1. The second kappa shape index (κ2) is 10.4. The SMILES string of the molecule is COc1ccc(CN(Cc2ccc(F)cc2Cl)C(=O)c2ccccc2-n2cccc2)c(OC)c1. The zero-order valence-corrected chi connectivity index (χ0v) is 19.6. The van der Waals surface area contributed by atoms with Crippen LogP contribution >= 0.6 is 11.6 Å². The Bertz CT molecular complexity index is 1290. The van der Waals surface area contributed by atoms with Crippen LogP contribution in [0, 0.1) is 5.82 Å². The molecule has 0 aliphatic rings. The Labute approximate surface area is 202 Å². The van der Waals surface area contributed by atoms with Crippen LogP contribution in [-0.4, -0.2) is 29.6 Å². The summed E-state index contributed by atoms with van der Waals surface area (Å²) in [6, 6.07) is 20.9. The first-order chi connectivity index (χ1) is 16.5. The molecular weight excluding hydrogens is 455 g/mol. The number of methoxy groups -OCH3 is 2. The van der Waals surface area contributed by atoms with Gasteiger partial charge in [-0.2, -0.15) is 0 Å². The molecule has 174 valence electrons. The minimum Gasteiger partial charge on any atom is -0.497 e. The van der Waals surface area contributed by atoms with Gasteiger partial charge in [-0.05, 0) is 54.1 Å². The lowest BCUT2D eigenvalue weighted by Gasteiger charge is -2.26. The highest BCUT2D eigenvalue weighted by Gasteiger charge is 2.22. The highest BCUT2D eigenvalue weighted by atomic mass is 35.5. The molecule has 1 aromatic heterocycles. The van der Waals surface area contributed by atoms with Gasteiger partial charge in [0.15, 0.2) is 0 Å². The zero-order chi connectivity index (χ0) is 24.1. The van der Waals surface area contributed by atoms with Crippen molar-refractivity contribution in [1.82, 2.24) is 9.47 Å². The maximum atomic E-state index is 13.9. The molecule has 0 radical (unpaired) electrons. The van der Waals surface area contributed by atoms with E-state index in [9.17, 15) is 9.18 Å². The summed E-state index contributed by atoms with van der Waals surface area (Å²) in [6.07, 6.45) is 3.78. The van der Waals surface area contributed by atoms with Gasteiger partial charge >= 0.3 is 0 Å². The summed E-state index contributed by atoms with van der Waals surface area (Å²) in [5.74, 6) is 0.628. The lowest BCUT2D eigenvalue weighted by molar-refractivity contribution is 0.0729. The Morgan fingerprint density at radius 1 is 0.912 bits per heavy atom. The number of rotatable bonds is 8. The van der Waals surface area contributed by atoms with E-state index in [1.807, 2.05) is 59.4 Å². The molecule has 1 amide bonds. The lowest BCUT2D eigenvalue weighted by atomic mass is 10.1. The maximum absolute atomic E-state index is 13.9. The number of hydrogen-bond donors (Lipinski definition) is 0. The summed E-state index contributed by atoms with van der Waals surface area (Å²) < 4.78 is 26.4. The minimum atomic E-state index is -0.429. The van der Waals surface area contributed by atoms with Crippen molar-refractivity contribution in [2.24, 2.45) is 0 Å². The van der Waals surface area contributed by atoms with Gasteiger partial charge in [-0.15, -0.1) is 0 Å². The fourth-order valence-electron chi connectivity index (χ4n) is 3.79. The average Bonchev–Trinajstić information content (AvgIpc) is 3.40. The zero-order valence-electron chi connectivity index (χ0n) is 18.9. The van der Waals surface area contributed by atoms with Crippen LogP contribution < -0.4 is 9.47 Å². The Morgan fingerprint density at radius 2 is 1.62 bits per heavy atom. The molecule has 7 heteroatoms. The van der Waals surface area contributed by atoms with E-state index in [0.717, 1.165) is 11.3 Å². The van der Waals surface area contributed by atoms with Crippen LogP contribution in [0.3, 0.4) is 0 Å². The van der Waals surface area contributed by atoms with E-state index in [4.69, 9.17) is 21.1 Å². The van der Waals surface area contributed by atoms with Crippen molar-refractivity contribution in [3.8, 4) is 17.2 Å². The lowest BCUT2D eigenvalue weighted by Crippen LogP contribution is -2.31. The molecule has 0 spiro atoms. The van der Waals surface area contributed by atoms with Crippen LogP contribution in [0.1, 0.15) is 21.5 Å². The fraction of sp³-hybridized carbons (Fsp3) is 0.148. The van der Waals surface area contributed by atoms with E-state index in [2.05, 4.69) is 0 Å². The maximum Gasteiger partial charge on any atom is 0.256 e. The molecule has 0 aliphatic heterocycles. The Kier molecular flexibility index (Phi) is 7.18. The number of carbonyl (C=O) groups excluding carboxylic acids is 1. The van der Waals surface area contributed by atoms with Gasteiger partial charge in [0.2, 0.25) is 0 Å². The molecule has 1 heterocycles. The number of nitrogens with zero attached hydrogens (tertiary/aromatic N) is 2. The van der Waals surface area contributed by atoms with Crippen molar-refractivity contribution in [3.05, 3.63) is 113 Å². The highest BCUT2D eigenvalue weighted by Crippen LogP contribution is 2.29. The highest BCUT2D eigenvalue weighted by molar-refractivity contribution is 6.31. The van der Waals surface area contributed by atoms with E-state index >= 15 is 0 Å². The van der Waals surface area contributed by atoms with Gasteiger partial charge in [0, 0.05) is 42.1 Å². The van der Waals surface area contributed by atoms with Crippen molar-refractivity contribution in [2.45, 2.75) is 13.1 Å². The number of ether oxygens (including phenoxy) is 2. The topological polar surface area (TPSA) is 43.7 Å². The van der Waals surface area contributed by atoms with E-state index in [1.165, 1.54) is 12.1 Å². The normalized spacial score (nSPS) is 10.7. The van der Waals surface area contributed by atoms with E-state index < -0.39 is 5.82 Å². The number of aromatic nitrogens is 1. The summed E-state index contributed by atoms with van der Waals surface area (Å²) in [6.45, 7) is 0.437. The standard InChI is InChI=1S/C27H24ClFN2O3/c1-33-22-12-10-20(26(16-22)34-2)18-31(17-19-9-11-21(29)15-24(19)28)27(32)23-7-3-4-8-25(23)30-13-5-6-14-30/h3-16H,17-18H2,1-2H3. The van der Waals surface area contributed by atoms with Gasteiger partial charge in [0.1, 0.15) is 17.3 Å². The monoisotopic (exact) mass is 478 g/mol. The van der Waals surface area contributed by atoms with Gasteiger partial charge in [-0.1, -0.05) is 29.8 Å².